The quantitative estimate of drug-likeness (QED) is 0.302. The van der Waals surface area contributed by atoms with E-state index in [1.807, 2.05) is 19.9 Å². The van der Waals surface area contributed by atoms with E-state index in [-0.39, 0.29) is 42.6 Å². The maximum absolute atomic E-state index is 13.9. The predicted molar refractivity (Wildman–Crippen MR) is 153 cm³/mol. The number of rotatable bonds is 8. The average molecular weight is 583 g/mol. The molecule has 4 aromatic rings. The molecule has 0 spiro atoms. The lowest BCUT2D eigenvalue weighted by atomic mass is 10.2. The Kier molecular flexibility index (Phi) is 8.04. The SMILES string of the molecule is COc1ccc(OC)c2sc(N(Cc3cccnc3)C(=O)c3ccc(S(=O)(=O)N4CC(C)OC(C)C4)cc3)nc12. The van der Waals surface area contributed by atoms with Gasteiger partial charge in [-0.25, -0.2) is 13.4 Å². The molecule has 2 atom stereocenters. The lowest BCUT2D eigenvalue weighted by Crippen LogP contribution is -2.48. The number of methoxy groups -OCH3 is 2. The highest BCUT2D eigenvalue weighted by Gasteiger charge is 2.32. The molecule has 12 heteroatoms. The Bertz CT molecular complexity index is 1560. The summed E-state index contributed by atoms with van der Waals surface area (Å²) in [7, 11) is -0.603. The van der Waals surface area contributed by atoms with E-state index in [2.05, 4.69) is 4.98 Å². The van der Waals surface area contributed by atoms with Gasteiger partial charge in [-0.15, -0.1) is 0 Å². The highest BCUT2D eigenvalue weighted by molar-refractivity contribution is 7.89. The van der Waals surface area contributed by atoms with E-state index in [9.17, 15) is 13.2 Å². The van der Waals surface area contributed by atoms with Gasteiger partial charge in [-0.2, -0.15) is 4.31 Å². The normalized spacial score (nSPS) is 18.0. The molecule has 40 heavy (non-hydrogen) atoms. The number of nitrogens with zero attached hydrogens (tertiary/aromatic N) is 4. The highest BCUT2D eigenvalue weighted by Crippen LogP contribution is 2.40. The molecule has 3 heterocycles. The average Bonchev–Trinajstić information content (AvgIpc) is 3.40. The van der Waals surface area contributed by atoms with Gasteiger partial charge in [-0.05, 0) is 61.9 Å². The lowest BCUT2D eigenvalue weighted by Gasteiger charge is -2.34. The molecule has 0 radical (unpaired) electrons. The molecule has 2 unspecified atom stereocenters. The third-order valence-corrected chi connectivity index (χ3v) is 9.50. The van der Waals surface area contributed by atoms with Crippen LogP contribution < -0.4 is 14.4 Å². The number of carbonyl (C=O) groups is 1. The van der Waals surface area contributed by atoms with Crippen molar-refractivity contribution in [1.29, 1.82) is 0 Å². The number of hydrogen-bond donors (Lipinski definition) is 0. The van der Waals surface area contributed by atoms with Crippen molar-refractivity contribution in [3.05, 3.63) is 72.1 Å². The third kappa shape index (κ3) is 5.52. The number of hydrogen-bond acceptors (Lipinski definition) is 9. The van der Waals surface area contributed by atoms with Gasteiger partial charge >= 0.3 is 0 Å². The minimum Gasteiger partial charge on any atom is -0.495 e. The Morgan fingerprint density at radius 3 is 2.35 bits per heavy atom. The van der Waals surface area contributed by atoms with Gasteiger partial charge in [0, 0.05) is 31.0 Å². The van der Waals surface area contributed by atoms with Crippen LogP contribution in [-0.2, 0) is 21.3 Å². The minimum atomic E-state index is -3.74. The second kappa shape index (κ2) is 11.5. The van der Waals surface area contributed by atoms with Crippen molar-refractivity contribution < 1.29 is 27.4 Å². The van der Waals surface area contributed by atoms with Crippen molar-refractivity contribution in [2.45, 2.75) is 37.5 Å². The number of anilines is 1. The van der Waals surface area contributed by atoms with Crippen LogP contribution in [0.15, 0.2) is 65.8 Å². The third-order valence-electron chi connectivity index (χ3n) is 6.56. The number of thiazole rings is 1. The van der Waals surface area contributed by atoms with Gasteiger partial charge in [0.1, 0.15) is 21.7 Å². The first-order valence-corrected chi connectivity index (χ1v) is 14.9. The van der Waals surface area contributed by atoms with E-state index in [1.54, 1.807) is 49.7 Å². The van der Waals surface area contributed by atoms with Crippen molar-refractivity contribution in [2.75, 3.05) is 32.2 Å². The summed E-state index contributed by atoms with van der Waals surface area (Å²) in [6.07, 6.45) is 2.95. The molecule has 1 aliphatic heterocycles. The van der Waals surface area contributed by atoms with E-state index in [0.717, 1.165) is 10.3 Å². The number of aromatic nitrogens is 2. The van der Waals surface area contributed by atoms with E-state index in [4.69, 9.17) is 19.2 Å². The molecule has 2 aromatic carbocycles. The van der Waals surface area contributed by atoms with Gasteiger partial charge in [0.2, 0.25) is 10.0 Å². The van der Waals surface area contributed by atoms with Gasteiger partial charge < -0.3 is 14.2 Å². The monoisotopic (exact) mass is 582 g/mol. The zero-order chi connectivity index (χ0) is 28.4. The van der Waals surface area contributed by atoms with Crippen molar-refractivity contribution in [3.8, 4) is 11.5 Å². The first-order chi connectivity index (χ1) is 19.2. The number of sulfonamides is 1. The van der Waals surface area contributed by atoms with Crippen LogP contribution >= 0.6 is 11.3 Å². The van der Waals surface area contributed by atoms with Gasteiger partial charge in [-0.1, -0.05) is 17.4 Å². The number of carbonyl (C=O) groups excluding carboxylic acids is 1. The number of amides is 1. The van der Waals surface area contributed by atoms with Crippen LogP contribution in [0.2, 0.25) is 0 Å². The van der Waals surface area contributed by atoms with Crippen LogP contribution in [0.3, 0.4) is 0 Å². The summed E-state index contributed by atoms with van der Waals surface area (Å²) in [4.78, 5) is 24.5. The second-order valence-corrected chi connectivity index (χ2v) is 12.4. The summed E-state index contributed by atoms with van der Waals surface area (Å²) in [5, 5.41) is 0.444. The number of morpholine rings is 1. The van der Waals surface area contributed by atoms with Crippen LogP contribution in [0.1, 0.15) is 29.8 Å². The van der Waals surface area contributed by atoms with Crippen molar-refractivity contribution in [1.82, 2.24) is 14.3 Å². The molecule has 1 fully saturated rings. The first kappa shape index (κ1) is 28.0. The Hall–Kier alpha value is -3.58. The Morgan fingerprint density at radius 1 is 1.05 bits per heavy atom. The minimum absolute atomic E-state index is 0.124. The Labute approximate surface area is 237 Å². The number of fused-ring (bicyclic) bond motifs is 1. The Morgan fingerprint density at radius 2 is 1.73 bits per heavy atom. The summed E-state index contributed by atoms with van der Waals surface area (Å²) in [6.45, 7) is 4.46. The second-order valence-electron chi connectivity index (χ2n) is 9.50. The fourth-order valence-corrected chi connectivity index (χ4v) is 7.35. The number of pyridine rings is 1. The van der Waals surface area contributed by atoms with Crippen LogP contribution in [0.25, 0.3) is 10.2 Å². The summed E-state index contributed by atoms with van der Waals surface area (Å²) in [6, 6.07) is 13.3. The molecule has 1 aliphatic rings. The molecule has 0 aliphatic carbocycles. The number of benzene rings is 2. The van der Waals surface area contributed by atoms with Crippen LogP contribution in [0.4, 0.5) is 5.13 Å². The van der Waals surface area contributed by atoms with Gasteiger partial charge in [0.15, 0.2) is 5.13 Å². The van der Waals surface area contributed by atoms with Gasteiger partial charge in [0.05, 0.1) is 37.9 Å². The summed E-state index contributed by atoms with van der Waals surface area (Å²) < 4.78 is 45.5. The molecule has 0 bridgehead atoms. The zero-order valence-electron chi connectivity index (χ0n) is 22.6. The molecule has 5 rings (SSSR count). The lowest BCUT2D eigenvalue weighted by molar-refractivity contribution is -0.0440. The largest absolute Gasteiger partial charge is 0.495 e. The smallest absolute Gasteiger partial charge is 0.260 e. The van der Waals surface area contributed by atoms with Crippen LogP contribution in [-0.4, -0.2) is 68.1 Å². The van der Waals surface area contributed by atoms with Crippen molar-refractivity contribution >= 4 is 42.6 Å². The topological polar surface area (TPSA) is 111 Å². The fourth-order valence-electron chi connectivity index (χ4n) is 4.69. The molecule has 2 aromatic heterocycles. The first-order valence-electron chi connectivity index (χ1n) is 12.7. The molecule has 210 valence electrons. The van der Waals surface area contributed by atoms with E-state index in [0.29, 0.717) is 27.7 Å². The zero-order valence-corrected chi connectivity index (χ0v) is 24.2. The van der Waals surface area contributed by atoms with Crippen LogP contribution in [0, 0.1) is 0 Å². The van der Waals surface area contributed by atoms with Crippen molar-refractivity contribution in [2.24, 2.45) is 0 Å². The molecule has 1 saturated heterocycles. The number of ether oxygens (including phenoxy) is 3. The fraction of sp³-hybridized carbons (Fsp3) is 0.321. The van der Waals surface area contributed by atoms with Crippen LogP contribution in [0.5, 0.6) is 11.5 Å². The molecular formula is C28H30N4O6S2. The summed E-state index contributed by atoms with van der Waals surface area (Å²) in [5.74, 6) is 0.849. The Balaban J connectivity index is 1.50. The van der Waals surface area contributed by atoms with Gasteiger partial charge in [0.25, 0.3) is 5.91 Å². The van der Waals surface area contributed by atoms with E-state index >= 15 is 0 Å². The molecule has 1 amide bonds. The maximum atomic E-state index is 13.9. The molecule has 0 saturated carbocycles. The summed E-state index contributed by atoms with van der Waals surface area (Å²) in [5.41, 5.74) is 1.72. The van der Waals surface area contributed by atoms with Gasteiger partial charge in [-0.3, -0.25) is 14.7 Å². The molecule has 10 nitrogen and oxygen atoms in total. The molecular weight excluding hydrogens is 552 g/mol. The standard InChI is InChI=1S/C28H30N4O6S2/c1-18-15-31(16-19(2)38-18)40(34,35)22-9-7-21(8-10-22)27(33)32(17-20-6-5-13-29-14-20)28-30-25-23(36-3)11-12-24(37-4)26(25)39-28/h5-14,18-19H,15-17H2,1-4H3. The molecule has 0 N–H and O–H groups in total. The summed E-state index contributed by atoms with van der Waals surface area (Å²) >= 11 is 1.31. The predicted octanol–water partition coefficient (Wildman–Crippen LogP) is 4.35. The van der Waals surface area contributed by atoms with E-state index in [1.165, 1.54) is 39.9 Å². The highest BCUT2D eigenvalue weighted by atomic mass is 32.2. The van der Waals surface area contributed by atoms with Crippen molar-refractivity contribution in [3.63, 3.8) is 0 Å². The maximum Gasteiger partial charge on any atom is 0.260 e. The van der Waals surface area contributed by atoms with E-state index < -0.39 is 10.0 Å².